The Labute approximate surface area is 201 Å². The van der Waals surface area contributed by atoms with Gasteiger partial charge in [0.2, 0.25) is 0 Å². The highest BCUT2D eigenvalue weighted by Gasteiger charge is 2.26. The summed E-state index contributed by atoms with van der Waals surface area (Å²) < 4.78 is 36.3. The average Bonchev–Trinajstić information content (AvgIpc) is 3.40. The first kappa shape index (κ1) is 21.8. The van der Waals surface area contributed by atoms with Crippen LogP contribution in [0.2, 0.25) is 0 Å². The second-order valence-electron chi connectivity index (χ2n) is 9.17. The highest BCUT2D eigenvalue weighted by molar-refractivity contribution is 5.95. The molecule has 5 nitrogen and oxygen atoms in total. The number of likely N-dealkylation sites (tertiary alicyclic amines) is 1. The minimum atomic E-state index is -0.414. The lowest BCUT2D eigenvalue weighted by molar-refractivity contribution is 0.299. The summed E-state index contributed by atoms with van der Waals surface area (Å²) in [6, 6.07) is 15.3. The minimum Gasteiger partial charge on any atom is -0.488 e. The summed E-state index contributed by atoms with van der Waals surface area (Å²) in [6.07, 6.45) is 2.88. The van der Waals surface area contributed by atoms with Crippen molar-refractivity contribution in [2.24, 2.45) is 0 Å². The summed E-state index contributed by atoms with van der Waals surface area (Å²) in [5.41, 5.74) is 4.92. The van der Waals surface area contributed by atoms with Gasteiger partial charge in [0.05, 0.1) is 17.1 Å². The summed E-state index contributed by atoms with van der Waals surface area (Å²) >= 11 is 0. The number of hydrogen-bond donors (Lipinski definition) is 1. The molecule has 6 rings (SSSR count). The number of nitrogens with one attached hydrogen (secondary N) is 1. The van der Waals surface area contributed by atoms with Crippen LogP contribution in [0.4, 0.5) is 8.78 Å². The molecule has 1 saturated heterocycles. The van der Waals surface area contributed by atoms with Crippen molar-refractivity contribution in [3.05, 3.63) is 99.0 Å². The molecule has 7 heteroatoms. The first-order valence-electron chi connectivity index (χ1n) is 11.9. The molecule has 3 aromatic carbocycles. The summed E-state index contributed by atoms with van der Waals surface area (Å²) in [5, 5.41) is 0. The molecule has 0 unspecified atom stereocenters. The topological polar surface area (TPSA) is 50.3 Å². The largest absolute Gasteiger partial charge is 0.488 e. The normalized spacial score (nSPS) is 18.9. The zero-order valence-corrected chi connectivity index (χ0v) is 19.4. The molecule has 1 N–H and O–H groups in total. The highest BCUT2D eigenvalue weighted by Crippen LogP contribution is 2.39. The van der Waals surface area contributed by atoms with Gasteiger partial charge in [0.1, 0.15) is 24.0 Å². The molecule has 178 valence electrons. The lowest BCUT2D eigenvalue weighted by Gasteiger charge is -2.14. The Bertz CT molecular complexity index is 1540. The van der Waals surface area contributed by atoms with Crippen LogP contribution in [0.3, 0.4) is 0 Å². The molecule has 1 aromatic heterocycles. The lowest BCUT2D eigenvalue weighted by Crippen LogP contribution is -2.26. The Hall–Kier alpha value is -3.71. The van der Waals surface area contributed by atoms with Crippen molar-refractivity contribution >= 4 is 22.7 Å². The van der Waals surface area contributed by atoms with Crippen LogP contribution in [0.1, 0.15) is 41.6 Å². The van der Waals surface area contributed by atoms with E-state index in [4.69, 9.17) is 4.74 Å². The molecule has 0 spiro atoms. The number of nitrogens with zero attached hydrogens (tertiary/aromatic N) is 2. The van der Waals surface area contributed by atoms with Crippen LogP contribution in [0, 0.1) is 11.6 Å². The first-order valence-corrected chi connectivity index (χ1v) is 11.9. The molecule has 0 bridgehead atoms. The quantitative estimate of drug-likeness (QED) is 0.436. The maximum Gasteiger partial charge on any atom is 0.326 e. The zero-order chi connectivity index (χ0) is 24.1. The third kappa shape index (κ3) is 3.76. The lowest BCUT2D eigenvalue weighted by atomic mass is 9.92. The van der Waals surface area contributed by atoms with Crippen molar-refractivity contribution in [2.75, 3.05) is 19.6 Å². The maximum atomic E-state index is 14.7. The van der Waals surface area contributed by atoms with E-state index in [-0.39, 0.29) is 24.2 Å². The number of imidazole rings is 1. The Morgan fingerprint density at radius 3 is 2.83 bits per heavy atom. The summed E-state index contributed by atoms with van der Waals surface area (Å²) in [5.74, 6) is -0.408. The molecule has 0 amide bonds. The number of halogens is 2. The second kappa shape index (κ2) is 8.50. The molecular formula is C28H25F2N3O2. The van der Waals surface area contributed by atoms with Gasteiger partial charge in [-0.15, -0.1) is 0 Å². The monoisotopic (exact) mass is 473 g/mol. The maximum absolute atomic E-state index is 14.7. The van der Waals surface area contributed by atoms with Crippen molar-refractivity contribution in [3.63, 3.8) is 0 Å². The molecule has 35 heavy (non-hydrogen) atoms. The van der Waals surface area contributed by atoms with E-state index in [9.17, 15) is 13.6 Å². The zero-order valence-electron chi connectivity index (χ0n) is 19.4. The summed E-state index contributed by atoms with van der Waals surface area (Å²) in [4.78, 5) is 18.2. The van der Waals surface area contributed by atoms with Gasteiger partial charge in [0.25, 0.3) is 0 Å². The fourth-order valence-corrected chi connectivity index (χ4v) is 5.32. The van der Waals surface area contributed by atoms with Crippen LogP contribution in [0.15, 0.2) is 59.4 Å². The smallest absolute Gasteiger partial charge is 0.326 e. The van der Waals surface area contributed by atoms with Gasteiger partial charge in [-0.3, -0.25) is 4.57 Å². The number of hydrogen-bond acceptors (Lipinski definition) is 3. The summed E-state index contributed by atoms with van der Waals surface area (Å²) in [6.45, 7) is 4.98. The standard InChI is InChI=1S/C28H25F2N3O2/c1-2-32-11-10-19(15-32)33-26-9-6-17(13-25(26)31-28(33)34)12-22-20-4-3-5-24(30)23(20)16-35-27-14-18(29)7-8-21(22)27/h3-9,12-14,19H,2,10-11,15-16H2,1H3,(H,31,34)/t19-/m0/s1. The number of benzene rings is 3. The van der Waals surface area contributed by atoms with E-state index in [0.717, 1.165) is 48.2 Å². The molecule has 0 radical (unpaired) electrons. The van der Waals surface area contributed by atoms with Crippen LogP contribution in [0.25, 0.3) is 22.7 Å². The van der Waals surface area contributed by atoms with Gasteiger partial charge in [-0.25, -0.2) is 13.6 Å². The molecule has 1 atom stereocenters. The van der Waals surface area contributed by atoms with Gasteiger partial charge in [-0.2, -0.15) is 0 Å². The molecular weight excluding hydrogens is 448 g/mol. The van der Waals surface area contributed by atoms with Crippen LogP contribution in [-0.2, 0) is 6.61 Å². The SMILES string of the molecule is CCN1CC[C@H](n2c(=O)[nH]c3cc(C=C4c5ccc(F)cc5OCc5c(F)cccc54)ccc32)C1. The Morgan fingerprint density at radius 2 is 2.00 bits per heavy atom. The van der Waals surface area contributed by atoms with Gasteiger partial charge >= 0.3 is 5.69 Å². The van der Waals surface area contributed by atoms with E-state index in [1.165, 1.54) is 18.2 Å². The predicted octanol–water partition coefficient (Wildman–Crippen LogP) is 5.36. The first-order chi connectivity index (χ1) is 17.0. The van der Waals surface area contributed by atoms with E-state index in [0.29, 0.717) is 22.4 Å². The number of H-pyrrole nitrogens is 1. The summed E-state index contributed by atoms with van der Waals surface area (Å²) in [7, 11) is 0. The Kier molecular flexibility index (Phi) is 5.29. The molecule has 1 fully saturated rings. The number of rotatable bonds is 3. The molecule has 3 heterocycles. The van der Waals surface area contributed by atoms with Gasteiger partial charge in [0.15, 0.2) is 0 Å². The van der Waals surface area contributed by atoms with E-state index >= 15 is 0 Å². The fraction of sp³-hybridized carbons (Fsp3) is 0.250. The molecule has 2 aliphatic heterocycles. The van der Waals surface area contributed by atoms with Crippen molar-refractivity contribution in [1.82, 2.24) is 14.5 Å². The van der Waals surface area contributed by atoms with Gasteiger partial charge in [-0.1, -0.05) is 25.1 Å². The van der Waals surface area contributed by atoms with E-state index in [1.807, 2.05) is 34.9 Å². The van der Waals surface area contributed by atoms with Gasteiger partial charge in [-0.05, 0) is 66.1 Å². The number of fused-ring (bicyclic) bond motifs is 3. The molecule has 0 aliphatic carbocycles. The van der Waals surface area contributed by atoms with Crippen LogP contribution >= 0.6 is 0 Å². The molecule has 0 saturated carbocycles. The molecule has 4 aromatic rings. The van der Waals surface area contributed by atoms with E-state index < -0.39 is 5.82 Å². The Balaban J connectivity index is 1.48. The average molecular weight is 474 g/mol. The number of likely N-dealkylation sites (N-methyl/N-ethyl adjacent to an activating group) is 1. The highest BCUT2D eigenvalue weighted by atomic mass is 19.1. The van der Waals surface area contributed by atoms with Crippen molar-refractivity contribution in [1.29, 1.82) is 0 Å². The number of ether oxygens (including phenoxy) is 1. The predicted molar refractivity (Wildman–Crippen MR) is 132 cm³/mol. The number of aromatic amines is 1. The van der Waals surface area contributed by atoms with Crippen molar-refractivity contribution in [2.45, 2.75) is 26.0 Å². The van der Waals surface area contributed by atoms with Crippen LogP contribution < -0.4 is 10.4 Å². The van der Waals surface area contributed by atoms with E-state index in [2.05, 4.69) is 16.8 Å². The number of aromatic nitrogens is 2. The van der Waals surface area contributed by atoms with E-state index in [1.54, 1.807) is 12.1 Å². The third-order valence-corrected chi connectivity index (χ3v) is 7.13. The van der Waals surface area contributed by atoms with Crippen molar-refractivity contribution in [3.8, 4) is 5.75 Å². The molecule has 2 aliphatic rings. The van der Waals surface area contributed by atoms with Gasteiger partial charge < -0.3 is 14.6 Å². The minimum absolute atomic E-state index is 0.0151. The fourth-order valence-electron chi connectivity index (χ4n) is 5.32. The second-order valence-corrected chi connectivity index (χ2v) is 9.17. The van der Waals surface area contributed by atoms with Crippen molar-refractivity contribution < 1.29 is 13.5 Å². The van der Waals surface area contributed by atoms with Crippen LogP contribution in [-0.4, -0.2) is 34.1 Å². The van der Waals surface area contributed by atoms with Crippen LogP contribution in [0.5, 0.6) is 5.75 Å². The third-order valence-electron chi connectivity index (χ3n) is 7.13. The Morgan fingerprint density at radius 1 is 1.11 bits per heavy atom. The van der Waals surface area contributed by atoms with Gasteiger partial charge in [0, 0.05) is 30.3 Å².